The fourth-order valence-corrected chi connectivity index (χ4v) is 6.39. The topological polar surface area (TPSA) is 184 Å². The number of nitrogens with one attached hydrogen (secondary N) is 1. The van der Waals surface area contributed by atoms with E-state index >= 15 is 0 Å². The Kier molecular flexibility index (Phi) is 10.7. The Hall–Kier alpha value is -1.56. The quantitative estimate of drug-likeness (QED) is 0.122. The molecule has 3 N–H and O–H groups in total. The Morgan fingerprint density at radius 3 is 2.77 bits per heavy atom. The van der Waals surface area contributed by atoms with Crippen molar-refractivity contribution in [3.8, 4) is 0 Å². The molecule has 1 fully saturated rings. The number of nitrogen functional groups attached to an aromatic ring is 1. The van der Waals surface area contributed by atoms with Crippen LogP contribution in [0, 0.1) is 0 Å². The Morgan fingerprint density at radius 2 is 2.20 bits per heavy atom. The number of rotatable bonds is 10. The smallest absolute Gasteiger partial charge is 0.543 e. The van der Waals surface area contributed by atoms with Crippen LogP contribution in [0.25, 0.3) is 0 Å². The molecule has 1 aromatic heterocycles. The van der Waals surface area contributed by atoms with Crippen LogP contribution in [-0.2, 0) is 29.1 Å². The molecule has 0 aromatic carbocycles. The average molecular weight is 570 g/mol. The molecule has 17 heteroatoms. The summed E-state index contributed by atoms with van der Waals surface area (Å²) in [4.78, 5) is 47.8. The van der Waals surface area contributed by atoms with Crippen molar-refractivity contribution in [2.24, 2.45) is 5.16 Å². The van der Waals surface area contributed by atoms with Gasteiger partial charge in [0.2, 0.25) is 0 Å². The van der Waals surface area contributed by atoms with Gasteiger partial charge < -0.3 is 25.8 Å². The van der Waals surface area contributed by atoms with Gasteiger partial charge in [0.05, 0.1) is 17.4 Å². The maximum atomic E-state index is 12.8. The van der Waals surface area contributed by atoms with Gasteiger partial charge in [0.1, 0.15) is 23.7 Å². The van der Waals surface area contributed by atoms with Crippen LogP contribution in [0.3, 0.4) is 0 Å². The molecule has 0 saturated carbocycles. The van der Waals surface area contributed by atoms with Crippen LogP contribution in [0.1, 0.15) is 12.6 Å². The molecule has 35 heavy (non-hydrogen) atoms. The van der Waals surface area contributed by atoms with Crippen molar-refractivity contribution in [3.63, 3.8) is 0 Å². The number of carboxylic acids is 1. The summed E-state index contributed by atoms with van der Waals surface area (Å²) in [6.07, 6.45) is 2.47. The molecule has 1 aromatic rings. The largest absolute Gasteiger partial charge is 1.00 e. The number of aliphatic carboxylic acids is 1. The number of aromatic nitrogens is 1. The Bertz CT molecular complexity index is 1200. The second kappa shape index (κ2) is 12.6. The van der Waals surface area contributed by atoms with Gasteiger partial charge in [-0.3, -0.25) is 14.5 Å². The average Bonchev–Trinajstić information content (AvgIpc) is 3.19. The van der Waals surface area contributed by atoms with Gasteiger partial charge in [0.25, 0.3) is 11.8 Å². The normalized spacial score (nSPS) is 20.2. The molecular formula is C18H20N5NaO7S4. The van der Waals surface area contributed by atoms with Gasteiger partial charge in [-0.1, -0.05) is 23.0 Å². The van der Waals surface area contributed by atoms with Crippen molar-refractivity contribution in [3.05, 3.63) is 33.2 Å². The summed E-state index contributed by atoms with van der Waals surface area (Å²) in [6.45, 7) is 1.88. The number of nitrogens with two attached hydrogens (primary N) is 1. The molecule has 0 bridgehead atoms. The monoisotopic (exact) mass is 569 g/mol. The first-order chi connectivity index (χ1) is 16.0. The first kappa shape index (κ1) is 29.7. The van der Waals surface area contributed by atoms with E-state index in [0.717, 1.165) is 34.3 Å². The van der Waals surface area contributed by atoms with Gasteiger partial charge >= 0.3 is 29.6 Å². The summed E-state index contributed by atoms with van der Waals surface area (Å²) in [7, 11) is -3.21. The number of thioether (sulfide) groups is 2. The molecule has 2 aliphatic heterocycles. The van der Waals surface area contributed by atoms with Crippen LogP contribution in [0.15, 0.2) is 32.6 Å². The zero-order chi connectivity index (χ0) is 25.0. The van der Waals surface area contributed by atoms with Gasteiger partial charge in [0.15, 0.2) is 20.7 Å². The molecule has 2 aliphatic rings. The van der Waals surface area contributed by atoms with E-state index in [-0.39, 0.29) is 69.9 Å². The number of fused-ring (bicyclic) bond motifs is 1. The van der Waals surface area contributed by atoms with Crippen molar-refractivity contribution in [1.82, 2.24) is 15.2 Å². The second-order valence-corrected chi connectivity index (χ2v) is 12.1. The molecular weight excluding hydrogens is 549 g/mol. The molecule has 1 unspecified atom stereocenters. The molecule has 1 saturated heterocycles. The SMILES string of the molecule is CCO/N=C(\C(=O)NC1C(=O)N2C(C(=O)[O-])=C(S/C=C\CS(C)(=O)=O)CS[C@H]12)c1csc(N)n1.[Na+]. The minimum Gasteiger partial charge on any atom is -0.543 e. The number of sulfone groups is 1. The number of hydrogen-bond acceptors (Lipinski definition) is 13. The molecule has 0 aliphatic carbocycles. The van der Waals surface area contributed by atoms with E-state index in [4.69, 9.17) is 10.6 Å². The molecule has 0 radical (unpaired) electrons. The zero-order valence-corrected chi connectivity index (χ0v) is 24.2. The molecule has 2 amide bonds. The van der Waals surface area contributed by atoms with Crippen LogP contribution in [0.2, 0.25) is 0 Å². The number of anilines is 1. The number of carbonyl (C=O) groups excluding carboxylic acids is 3. The summed E-state index contributed by atoms with van der Waals surface area (Å²) in [5.74, 6) is -2.87. The minimum absolute atomic E-state index is 0. The third-order valence-electron chi connectivity index (χ3n) is 4.38. The van der Waals surface area contributed by atoms with Crippen molar-refractivity contribution in [1.29, 1.82) is 0 Å². The van der Waals surface area contributed by atoms with Gasteiger partial charge in [-0.05, 0) is 12.3 Å². The minimum atomic E-state index is -3.21. The molecule has 12 nitrogen and oxygen atoms in total. The van der Waals surface area contributed by atoms with E-state index in [9.17, 15) is 27.9 Å². The molecule has 0 spiro atoms. The maximum Gasteiger partial charge on any atom is 1.00 e. The molecule has 184 valence electrons. The third-order valence-corrected chi connectivity index (χ3v) is 8.27. The second-order valence-electron chi connectivity index (χ2n) is 6.93. The number of nitrogens with zero attached hydrogens (tertiary/aromatic N) is 3. The van der Waals surface area contributed by atoms with Crippen LogP contribution in [0.5, 0.6) is 0 Å². The van der Waals surface area contributed by atoms with Crippen molar-refractivity contribution in [2.75, 3.05) is 30.1 Å². The van der Waals surface area contributed by atoms with Gasteiger partial charge in [-0.15, -0.1) is 23.1 Å². The fraction of sp³-hybridized carbons (Fsp3) is 0.389. The van der Waals surface area contributed by atoms with E-state index in [1.807, 2.05) is 0 Å². The van der Waals surface area contributed by atoms with Crippen LogP contribution >= 0.6 is 34.9 Å². The zero-order valence-electron chi connectivity index (χ0n) is 18.9. The number of β-lactam (4-membered cyclic amide) rings is 1. The summed E-state index contributed by atoms with van der Waals surface area (Å²) in [6, 6.07) is -0.998. The Morgan fingerprint density at radius 1 is 1.49 bits per heavy atom. The summed E-state index contributed by atoms with van der Waals surface area (Å²) in [5.41, 5.74) is 5.35. The van der Waals surface area contributed by atoms with E-state index in [1.165, 1.54) is 28.6 Å². The standard InChI is InChI=1S/C18H21N5O7S4.Na/c1-3-30-22-11(9-7-33-18(19)20-9)14(24)21-12-15(25)23-13(17(26)27)10(8-32-16(12)23)31-5-4-6-34(2,28)29;/h4-5,7,12,16H,3,6,8H2,1-2H3,(H2,19,20)(H,21,24)(H,26,27);/q;+1/p-1/b5-4-,22-11-;/t12?,16-;/m1./s1. The number of carbonyl (C=O) groups is 3. The summed E-state index contributed by atoms with van der Waals surface area (Å²) < 4.78 is 22.5. The van der Waals surface area contributed by atoms with Crippen molar-refractivity contribution < 1.29 is 62.3 Å². The number of oxime groups is 1. The predicted octanol–water partition coefficient (Wildman–Crippen LogP) is -3.88. The van der Waals surface area contributed by atoms with Crippen molar-refractivity contribution >= 4 is 73.3 Å². The first-order valence-electron chi connectivity index (χ1n) is 9.64. The van der Waals surface area contributed by atoms with Gasteiger partial charge in [-0.2, -0.15) is 0 Å². The third kappa shape index (κ3) is 7.24. The van der Waals surface area contributed by atoms with E-state index in [2.05, 4.69) is 15.5 Å². The number of thiazole rings is 1. The molecule has 2 atom stereocenters. The number of carboxylic acid groups (broad SMARTS) is 1. The maximum absolute atomic E-state index is 12.8. The van der Waals surface area contributed by atoms with Crippen molar-refractivity contribution in [2.45, 2.75) is 18.3 Å². The molecule has 3 rings (SSSR count). The van der Waals surface area contributed by atoms with E-state index < -0.39 is 39.0 Å². The summed E-state index contributed by atoms with van der Waals surface area (Å²) >= 11 is 3.36. The van der Waals surface area contributed by atoms with E-state index in [1.54, 1.807) is 6.92 Å². The summed E-state index contributed by atoms with van der Waals surface area (Å²) in [5, 5.41) is 20.7. The van der Waals surface area contributed by atoms with Gasteiger partial charge in [-0.25, -0.2) is 13.4 Å². The number of amides is 2. The van der Waals surface area contributed by atoms with Crippen LogP contribution in [0.4, 0.5) is 5.13 Å². The Labute approximate surface area is 236 Å². The first-order valence-corrected chi connectivity index (χ1v) is 14.5. The van der Waals surface area contributed by atoms with Gasteiger partial charge in [0, 0.05) is 22.3 Å². The fourth-order valence-electron chi connectivity index (χ4n) is 2.96. The van der Waals surface area contributed by atoms with E-state index in [0.29, 0.717) is 4.91 Å². The Balaban J connectivity index is 0.00000432. The predicted molar refractivity (Wildman–Crippen MR) is 128 cm³/mol. The van der Waals surface area contributed by atoms with Crippen LogP contribution < -0.4 is 45.7 Å². The van der Waals surface area contributed by atoms with Crippen LogP contribution in [-0.4, -0.2) is 77.6 Å². The number of hydrogen-bond donors (Lipinski definition) is 2. The molecule has 3 heterocycles.